The number of hydrogen-bond acceptors (Lipinski definition) is 18. The zero-order valence-corrected chi connectivity index (χ0v) is 27.6. The first-order chi connectivity index (χ1) is 24.1. The minimum atomic E-state index is -4.37. The minimum absolute atomic E-state index is 0.0328. The molecule has 0 aliphatic heterocycles. The lowest BCUT2D eigenvalue weighted by molar-refractivity contribution is -0.432. The van der Waals surface area contributed by atoms with Gasteiger partial charge in [-0.2, -0.15) is 18.6 Å². The number of aromatic hydroxyl groups is 1. The second-order valence-electron chi connectivity index (χ2n) is 10.0. The van der Waals surface area contributed by atoms with Gasteiger partial charge in [-0.1, -0.05) is 16.1 Å². The molecule has 0 aliphatic rings. The summed E-state index contributed by atoms with van der Waals surface area (Å²) in [6.07, 6.45) is 1.56. The largest absolute Gasteiger partial charge is 0.505 e. The number of pyridine rings is 1. The van der Waals surface area contributed by atoms with Gasteiger partial charge in [0.2, 0.25) is 0 Å². The van der Waals surface area contributed by atoms with Gasteiger partial charge in [0, 0.05) is 21.9 Å². The molecule has 50 heavy (non-hydrogen) atoms. The molecule has 6 rings (SSSR count). The summed E-state index contributed by atoms with van der Waals surface area (Å²) in [5, 5.41) is 59.2. The molecule has 2 heterocycles. The van der Waals surface area contributed by atoms with Crippen molar-refractivity contribution in [2.24, 2.45) is 20.5 Å². The lowest BCUT2D eigenvalue weighted by atomic mass is 10.1. The normalized spacial score (nSPS) is 12.2. The van der Waals surface area contributed by atoms with E-state index in [0.29, 0.717) is 61.4 Å². The highest BCUT2D eigenvalue weighted by Crippen LogP contribution is 2.45. The Bertz CT molecular complexity index is 2390. The third-order valence-electron chi connectivity index (χ3n) is 7.02. The number of aryl methyl sites for hydroxylation is 1. The predicted molar refractivity (Wildman–Crippen MR) is 180 cm³/mol. The number of nitrogens with two attached hydrogens (primary N) is 1. The minimum Gasteiger partial charge on any atom is -0.505 e. The number of phenols is 1. The molecule has 256 valence electrons. The molecule has 0 fully saturated rings. The Morgan fingerprint density at radius 3 is 2.28 bits per heavy atom. The highest BCUT2D eigenvalue weighted by atomic mass is 32.2. The fraction of sp³-hybridized carbons (Fsp3) is 0.0345. The second kappa shape index (κ2) is 14.8. The molecule has 21 heteroatoms. The third kappa shape index (κ3) is 7.26. The van der Waals surface area contributed by atoms with E-state index in [1.807, 2.05) is 0 Å². The van der Waals surface area contributed by atoms with E-state index < -0.39 is 10.1 Å². The van der Waals surface area contributed by atoms with Crippen LogP contribution in [0.4, 0.5) is 28.6 Å². The Balaban J connectivity index is 1.35. The molecule has 0 amide bonds. The number of azo groups is 2. The van der Waals surface area contributed by atoms with Crippen LogP contribution in [0.25, 0.3) is 27.4 Å². The fourth-order valence-corrected chi connectivity index (χ4v) is 6.23. The van der Waals surface area contributed by atoms with Crippen molar-refractivity contribution < 1.29 is 47.3 Å². The molecular weight excluding hydrogens is 717 g/mol. The summed E-state index contributed by atoms with van der Waals surface area (Å²) in [6.45, 7) is 1.66. The van der Waals surface area contributed by atoms with Crippen molar-refractivity contribution in [3.63, 3.8) is 0 Å². The average molecular weight is 739 g/mol. The lowest BCUT2D eigenvalue weighted by Crippen LogP contribution is -2.03. The van der Waals surface area contributed by atoms with Crippen LogP contribution in [-0.4, -0.2) is 43.4 Å². The maximum Gasteiger partial charge on any atom is 0.294 e. The van der Waals surface area contributed by atoms with E-state index in [2.05, 4.69) is 49.3 Å². The van der Waals surface area contributed by atoms with E-state index in [9.17, 15) is 18.1 Å². The Hall–Kier alpha value is -5.07. The monoisotopic (exact) mass is 738 g/mol. The fourth-order valence-electron chi connectivity index (χ4n) is 4.77. The number of aromatic nitrogens is 3. The topological polar surface area (TPSA) is 258 Å². The first-order valence-electron chi connectivity index (χ1n) is 13.8. The maximum absolute atomic E-state index is 11.4. The summed E-state index contributed by atoms with van der Waals surface area (Å²) >= 11 is 1.34. The maximum atomic E-state index is 11.4. The predicted octanol–water partition coefficient (Wildman–Crippen LogP) is 8.10. The summed E-state index contributed by atoms with van der Waals surface area (Å²) in [5.41, 5.74) is 8.45. The first kappa shape index (κ1) is 34.8. The van der Waals surface area contributed by atoms with Crippen LogP contribution in [0.1, 0.15) is 5.69 Å². The van der Waals surface area contributed by atoms with E-state index in [4.69, 9.17) is 16.2 Å². The van der Waals surface area contributed by atoms with Gasteiger partial charge in [0.25, 0.3) is 10.1 Å². The molecule has 2 aromatic heterocycles. The zero-order chi connectivity index (χ0) is 35.4. The molecule has 0 saturated heterocycles. The van der Waals surface area contributed by atoms with Crippen molar-refractivity contribution in [2.75, 3.05) is 5.73 Å². The quantitative estimate of drug-likeness (QED) is 0.0261. The van der Waals surface area contributed by atoms with Crippen LogP contribution in [0.5, 0.6) is 5.75 Å². The Labute approximate surface area is 289 Å². The Morgan fingerprint density at radius 1 is 0.840 bits per heavy atom. The second-order valence-corrected chi connectivity index (χ2v) is 12.9. The number of hydrogen-bond donors (Lipinski definition) is 5. The standard InChI is InChI=1S/C29H22N8O10S3/c1-15-25(29(30)37(36-15)18-6-8-19(9-7-18)50(41,42)43)34-32-17-5-4-16-13-24(49-47-45-40)27(28(38)21(16)14-17)35-33-22-10-11-23(48-46-44-39)20-3-2-12-31-26(20)22/h2-14,38-40H,30H2,1H3,(H,41,42,43). The SMILES string of the molecule is Cc1nn(-c2ccc(S(=O)(=O)O)cc2)c(N)c1N=Nc1ccc2cc(SOOO)c(N=Nc3ccc(SOOO)c4cccnc34)c(O)c2c1. The molecule has 0 unspecified atom stereocenters. The van der Waals surface area contributed by atoms with Gasteiger partial charge in [-0.3, -0.25) is 9.54 Å². The molecule has 6 N–H and O–H groups in total. The van der Waals surface area contributed by atoms with Gasteiger partial charge in [-0.25, -0.2) is 15.2 Å². The summed E-state index contributed by atoms with van der Waals surface area (Å²) in [6, 6.07) is 18.5. The van der Waals surface area contributed by atoms with E-state index in [1.54, 1.807) is 61.7 Å². The van der Waals surface area contributed by atoms with Crippen molar-refractivity contribution in [1.82, 2.24) is 14.8 Å². The van der Waals surface area contributed by atoms with Crippen LogP contribution in [0.3, 0.4) is 0 Å². The molecule has 0 atom stereocenters. The van der Waals surface area contributed by atoms with E-state index >= 15 is 0 Å². The van der Waals surface area contributed by atoms with Crippen LogP contribution in [0.2, 0.25) is 0 Å². The number of fused-ring (bicyclic) bond motifs is 2. The third-order valence-corrected chi connectivity index (χ3v) is 9.17. The highest BCUT2D eigenvalue weighted by molar-refractivity contribution is 7.95. The van der Waals surface area contributed by atoms with E-state index in [-0.39, 0.29) is 32.7 Å². The molecule has 0 saturated carbocycles. The van der Waals surface area contributed by atoms with Gasteiger partial charge < -0.3 is 10.8 Å². The highest BCUT2D eigenvalue weighted by Gasteiger charge is 2.18. The number of benzene rings is 4. The van der Waals surface area contributed by atoms with Gasteiger partial charge in [-0.15, -0.1) is 24.0 Å². The number of phenolic OH excluding ortho intramolecular Hbond substituents is 1. The Kier molecular flexibility index (Phi) is 10.3. The molecular formula is C29H22N8O10S3. The number of nitrogens with zero attached hydrogens (tertiary/aromatic N) is 7. The van der Waals surface area contributed by atoms with Crippen LogP contribution in [-0.2, 0) is 28.9 Å². The van der Waals surface area contributed by atoms with Gasteiger partial charge in [0.15, 0.2) is 17.3 Å². The van der Waals surface area contributed by atoms with E-state index in [1.165, 1.54) is 28.9 Å². The van der Waals surface area contributed by atoms with Crippen molar-refractivity contribution >= 4 is 84.4 Å². The molecule has 6 aromatic rings. The molecule has 4 aromatic carbocycles. The van der Waals surface area contributed by atoms with Crippen molar-refractivity contribution in [3.05, 3.63) is 84.7 Å². The van der Waals surface area contributed by atoms with Crippen LogP contribution < -0.4 is 5.73 Å². The summed E-state index contributed by atoms with van der Waals surface area (Å²) in [5.74, 6) is -0.185. The number of rotatable bonds is 12. The van der Waals surface area contributed by atoms with Gasteiger partial charge in [-0.05, 0) is 79.0 Å². The smallest absolute Gasteiger partial charge is 0.294 e. The van der Waals surface area contributed by atoms with Gasteiger partial charge in [0.1, 0.15) is 11.4 Å². The van der Waals surface area contributed by atoms with Crippen molar-refractivity contribution in [2.45, 2.75) is 21.6 Å². The summed E-state index contributed by atoms with van der Waals surface area (Å²) < 4.78 is 42.6. The zero-order valence-electron chi connectivity index (χ0n) is 25.2. The molecule has 0 spiro atoms. The van der Waals surface area contributed by atoms with Crippen LogP contribution in [0, 0.1) is 6.92 Å². The summed E-state index contributed by atoms with van der Waals surface area (Å²) in [7, 11) is -4.37. The first-order valence-corrected chi connectivity index (χ1v) is 16.7. The van der Waals surface area contributed by atoms with E-state index in [0.717, 1.165) is 12.0 Å². The lowest BCUT2D eigenvalue weighted by Gasteiger charge is -2.10. The van der Waals surface area contributed by atoms with Crippen molar-refractivity contribution in [3.8, 4) is 11.4 Å². The molecule has 0 radical (unpaired) electrons. The summed E-state index contributed by atoms with van der Waals surface area (Å²) in [4.78, 5) is 4.89. The number of anilines is 1. The molecule has 18 nitrogen and oxygen atoms in total. The Morgan fingerprint density at radius 2 is 1.56 bits per heavy atom. The van der Waals surface area contributed by atoms with Crippen LogP contribution >= 0.6 is 24.1 Å². The van der Waals surface area contributed by atoms with Gasteiger partial charge >= 0.3 is 0 Å². The van der Waals surface area contributed by atoms with Gasteiger partial charge in [0.05, 0.1) is 56.5 Å². The average Bonchev–Trinajstić information content (AvgIpc) is 3.40. The van der Waals surface area contributed by atoms with Crippen molar-refractivity contribution in [1.29, 1.82) is 0 Å². The number of nitrogen functional groups attached to an aromatic ring is 1. The molecule has 0 bridgehead atoms. The van der Waals surface area contributed by atoms with Crippen LogP contribution in [0.15, 0.2) is 114 Å². The molecule has 0 aliphatic carbocycles.